The standard InChI is InChI=1S/C10H18O5Si/c1-5-8(16(4,13-2)14-3)7-6-9(11)15-10(7)12/h7-8H,5-6H2,1-4H3. The summed E-state index contributed by atoms with van der Waals surface area (Å²) in [5, 5.41) is 0. The van der Waals surface area contributed by atoms with Crippen molar-refractivity contribution < 1.29 is 23.2 Å². The molecule has 1 saturated heterocycles. The summed E-state index contributed by atoms with van der Waals surface area (Å²) < 4.78 is 15.4. The maximum absolute atomic E-state index is 11.5. The van der Waals surface area contributed by atoms with Crippen molar-refractivity contribution in [3.8, 4) is 0 Å². The van der Waals surface area contributed by atoms with Crippen molar-refractivity contribution in [1.29, 1.82) is 0 Å². The van der Waals surface area contributed by atoms with Gasteiger partial charge < -0.3 is 13.6 Å². The van der Waals surface area contributed by atoms with E-state index in [4.69, 9.17) is 8.85 Å². The first-order valence-electron chi connectivity index (χ1n) is 5.33. The molecule has 0 bridgehead atoms. The molecule has 0 saturated carbocycles. The van der Waals surface area contributed by atoms with Crippen LogP contribution in [0.25, 0.3) is 0 Å². The Kier molecular flexibility index (Phi) is 4.23. The molecule has 2 atom stereocenters. The van der Waals surface area contributed by atoms with E-state index in [1.807, 2.05) is 13.5 Å². The topological polar surface area (TPSA) is 61.8 Å². The molecule has 6 heteroatoms. The molecule has 1 aliphatic rings. The molecule has 0 aromatic rings. The summed E-state index contributed by atoms with van der Waals surface area (Å²) in [5.41, 5.74) is -0.0542. The van der Waals surface area contributed by atoms with Gasteiger partial charge in [-0.05, 0) is 6.55 Å². The normalized spacial score (nSPS) is 23.4. The van der Waals surface area contributed by atoms with Crippen molar-refractivity contribution in [3.63, 3.8) is 0 Å². The number of esters is 2. The van der Waals surface area contributed by atoms with Crippen LogP contribution in [0.4, 0.5) is 0 Å². The maximum atomic E-state index is 11.5. The Bertz CT molecular complexity index is 287. The monoisotopic (exact) mass is 246 g/mol. The molecule has 1 heterocycles. The van der Waals surface area contributed by atoms with Crippen LogP contribution in [0, 0.1) is 5.92 Å². The number of carbonyl (C=O) groups excluding carboxylic acids is 2. The van der Waals surface area contributed by atoms with Crippen LogP contribution in [0.1, 0.15) is 19.8 Å². The van der Waals surface area contributed by atoms with Gasteiger partial charge >= 0.3 is 20.5 Å². The molecule has 0 aliphatic carbocycles. The van der Waals surface area contributed by atoms with E-state index in [9.17, 15) is 9.59 Å². The molecule has 16 heavy (non-hydrogen) atoms. The Hall–Kier alpha value is -0.723. The zero-order valence-electron chi connectivity index (χ0n) is 10.1. The number of hydrogen-bond acceptors (Lipinski definition) is 5. The van der Waals surface area contributed by atoms with Gasteiger partial charge in [0.05, 0.1) is 12.3 Å². The van der Waals surface area contributed by atoms with Crippen molar-refractivity contribution in [1.82, 2.24) is 0 Å². The van der Waals surface area contributed by atoms with Crippen LogP contribution >= 0.6 is 0 Å². The van der Waals surface area contributed by atoms with Crippen LogP contribution in [0.15, 0.2) is 0 Å². The van der Waals surface area contributed by atoms with Crippen molar-refractivity contribution in [2.45, 2.75) is 31.9 Å². The predicted molar refractivity (Wildman–Crippen MR) is 58.9 cm³/mol. The van der Waals surface area contributed by atoms with Gasteiger partial charge in [0.25, 0.3) is 0 Å². The molecule has 1 aliphatic heterocycles. The second-order valence-corrected chi connectivity index (χ2v) is 7.63. The quantitative estimate of drug-likeness (QED) is 0.414. The lowest BCUT2D eigenvalue weighted by Crippen LogP contribution is -2.45. The summed E-state index contributed by atoms with van der Waals surface area (Å²) in [6.07, 6.45) is 0.879. The fourth-order valence-electron chi connectivity index (χ4n) is 2.21. The van der Waals surface area contributed by atoms with E-state index in [2.05, 4.69) is 4.74 Å². The van der Waals surface area contributed by atoms with E-state index in [0.717, 1.165) is 6.42 Å². The number of rotatable bonds is 5. The van der Waals surface area contributed by atoms with Crippen LogP contribution < -0.4 is 0 Å². The Labute approximate surface area is 96.3 Å². The van der Waals surface area contributed by atoms with Gasteiger partial charge in [-0.25, -0.2) is 0 Å². The van der Waals surface area contributed by atoms with Gasteiger partial charge in [0.15, 0.2) is 0 Å². The van der Waals surface area contributed by atoms with Crippen molar-refractivity contribution in [2.75, 3.05) is 14.2 Å². The minimum atomic E-state index is -2.42. The average Bonchev–Trinajstić information content (AvgIpc) is 2.59. The lowest BCUT2D eigenvalue weighted by Gasteiger charge is -2.33. The van der Waals surface area contributed by atoms with Crippen LogP contribution in [-0.4, -0.2) is 34.7 Å². The minimum Gasteiger partial charge on any atom is -0.398 e. The molecule has 5 nitrogen and oxygen atoms in total. The van der Waals surface area contributed by atoms with E-state index in [-0.39, 0.29) is 12.0 Å². The smallest absolute Gasteiger partial charge is 0.338 e. The molecule has 0 aromatic heterocycles. The van der Waals surface area contributed by atoms with Crippen molar-refractivity contribution in [3.05, 3.63) is 0 Å². The molecule has 0 radical (unpaired) electrons. The molecular weight excluding hydrogens is 228 g/mol. The number of hydrogen-bond donors (Lipinski definition) is 0. The molecule has 0 aromatic carbocycles. The minimum absolute atomic E-state index is 0.0542. The third kappa shape index (κ3) is 2.33. The lowest BCUT2D eigenvalue weighted by molar-refractivity contribution is -0.153. The molecule has 1 fully saturated rings. The van der Waals surface area contributed by atoms with E-state index >= 15 is 0 Å². The highest BCUT2D eigenvalue weighted by atomic mass is 28.4. The van der Waals surface area contributed by atoms with Crippen molar-refractivity contribution in [2.24, 2.45) is 5.92 Å². The molecule has 2 unspecified atom stereocenters. The van der Waals surface area contributed by atoms with Crippen LogP contribution in [-0.2, 0) is 23.2 Å². The van der Waals surface area contributed by atoms with Crippen molar-refractivity contribution >= 4 is 20.5 Å². The Morgan fingerprint density at radius 3 is 2.31 bits per heavy atom. The fraction of sp³-hybridized carbons (Fsp3) is 0.800. The predicted octanol–water partition coefficient (Wildman–Crippen LogP) is 1.22. The first-order chi connectivity index (χ1) is 7.48. The van der Waals surface area contributed by atoms with E-state index in [1.165, 1.54) is 0 Å². The fourth-order valence-corrected chi connectivity index (χ4v) is 4.70. The third-order valence-electron chi connectivity index (χ3n) is 3.31. The second-order valence-electron chi connectivity index (χ2n) is 4.04. The van der Waals surface area contributed by atoms with Gasteiger partial charge in [0.1, 0.15) is 0 Å². The molecular formula is C10H18O5Si. The highest BCUT2D eigenvalue weighted by molar-refractivity contribution is 6.68. The van der Waals surface area contributed by atoms with Gasteiger partial charge in [0, 0.05) is 19.8 Å². The number of carbonyl (C=O) groups is 2. The Balaban J connectivity index is 2.89. The van der Waals surface area contributed by atoms with Gasteiger partial charge in [-0.1, -0.05) is 13.3 Å². The summed E-state index contributed by atoms with van der Waals surface area (Å²) in [4.78, 5) is 22.6. The van der Waals surface area contributed by atoms with E-state index in [1.54, 1.807) is 14.2 Å². The maximum Gasteiger partial charge on any atom is 0.338 e. The second kappa shape index (κ2) is 5.07. The zero-order valence-corrected chi connectivity index (χ0v) is 11.1. The summed E-state index contributed by atoms with van der Waals surface area (Å²) in [6.45, 7) is 3.86. The van der Waals surface area contributed by atoms with Crippen LogP contribution in [0.2, 0.25) is 12.1 Å². The SMILES string of the molecule is CCC(C1CC(=O)OC1=O)[Si](C)(OC)OC. The summed E-state index contributed by atoms with van der Waals surface area (Å²) >= 11 is 0. The van der Waals surface area contributed by atoms with Gasteiger partial charge in [-0.2, -0.15) is 0 Å². The zero-order chi connectivity index (χ0) is 12.3. The summed E-state index contributed by atoms with van der Waals surface area (Å²) in [6, 6.07) is 0. The lowest BCUT2D eigenvalue weighted by atomic mass is 10.0. The third-order valence-corrected chi connectivity index (χ3v) is 7.09. The Morgan fingerprint density at radius 2 is 2.00 bits per heavy atom. The Morgan fingerprint density at radius 1 is 1.44 bits per heavy atom. The largest absolute Gasteiger partial charge is 0.398 e. The molecule has 0 spiro atoms. The van der Waals surface area contributed by atoms with E-state index in [0.29, 0.717) is 0 Å². The molecule has 0 amide bonds. The highest BCUT2D eigenvalue weighted by Crippen LogP contribution is 2.39. The van der Waals surface area contributed by atoms with Gasteiger partial charge in [-0.3, -0.25) is 9.59 Å². The van der Waals surface area contributed by atoms with E-state index < -0.39 is 26.4 Å². The highest BCUT2D eigenvalue weighted by Gasteiger charge is 2.50. The van der Waals surface area contributed by atoms with Crippen LogP contribution in [0.3, 0.4) is 0 Å². The number of ether oxygens (including phenoxy) is 1. The first-order valence-corrected chi connectivity index (χ1v) is 7.72. The van der Waals surface area contributed by atoms with Crippen LogP contribution in [0.5, 0.6) is 0 Å². The molecule has 92 valence electrons. The molecule has 1 rings (SSSR count). The summed E-state index contributed by atoms with van der Waals surface area (Å²) in [5.74, 6) is -1.30. The van der Waals surface area contributed by atoms with Gasteiger partial charge in [-0.15, -0.1) is 0 Å². The molecule has 0 N–H and O–H groups in total. The number of cyclic esters (lactones) is 2. The first kappa shape index (κ1) is 13.3. The van der Waals surface area contributed by atoms with Gasteiger partial charge in [0.2, 0.25) is 0 Å². The average molecular weight is 246 g/mol. The summed E-state index contributed by atoms with van der Waals surface area (Å²) in [7, 11) is 0.751.